The Morgan fingerprint density at radius 2 is 1.33 bits per heavy atom. The third kappa shape index (κ3) is 5.91. The molecule has 55 heavy (non-hydrogen) atoms. The lowest BCUT2D eigenvalue weighted by atomic mass is 9.52. The van der Waals surface area contributed by atoms with Gasteiger partial charge in [0, 0.05) is 34.0 Å². The molecule has 0 aromatic heterocycles. The van der Waals surface area contributed by atoms with Crippen LogP contribution in [0.1, 0.15) is 80.3 Å². The highest BCUT2D eigenvalue weighted by Crippen LogP contribution is 2.67. The monoisotopic (exact) mass is 747 g/mol. The summed E-state index contributed by atoms with van der Waals surface area (Å²) in [5, 5.41) is 6.08. The lowest BCUT2D eigenvalue weighted by molar-refractivity contribution is 0.00818. The van der Waals surface area contributed by atoms with Crippen LogP contribution in [-0.4, -0.2) is 34.6 Å². The van der Waals surface area contributed by atoms with Crippen molar-refractivity contribution in [2.75, 3.05) is 33.2 Å². The molecule has 1 fully saturated rings. The van der Waals surface area contributed by atoms with E-state index in [9.17, 15) is 13.2 Å². The number of ether oxygens (including phenoxy) is 4. The Hall–Kier alpha value is -5.11. The van der Waals surface area contributed by atoms with E-state index in [1.165, 1.54) is 45.2 Å². The Labute approximate surface area is 321 Å². The maximum absolute atomic E-state index is 9.67. The zero-order valence-corrected chi connectivity index (χ0v) is 32.5. The molecule has 0 unspecified atom stereocenters. The van der Waals surface area contributed by atoms with Crippen molar-refractivity contribution in [3.8, 4) is 34.1 Å². The van der Waals surface area contributed by atoms with Gasteiger partial charge < -0.3 is 24.3 Å². The van der Waals surface area contributed by atoms with Crippen LogP contribution in [-0.2, 0) is 17.4 Å². The number of benzene rings is 5. The summed E-state index contributed by atoms with van der Waals surface area (Å²) >= 11 is 0. The maximum Gasteiger partial charge on any atom is 0.379 e. The Morgan fingerprint density at radius 1 is 0.745 bits per heavy atom. The van der Waals surface area contributed by atoms with E-state index in [1.807, 2.05) is 24.3 Å². The molecule has 0 saturated heterocycles. The first-order valence-corrected chi connectivity index (χ1v) is 18.9. The predicted molar refractivity (Wildman–Crippen MR) is 214 cm³/mol. The van der Waals surface area contributed by atoms with Crippen LogP contribution in [0.15, 0.2) is 84.9 Å². The Kier molecular flexibility index (Phi) is 8.90. The smallest absolute Gasteiger partial charge is 0.379 e. The molecule has 286 valence electrons. The summed E-state index contributed by atoms with van der Waals surface area (Å²) in [5.74, 6) is 3.39. The van der Waals surface area contributed by atoms with Crippen LogP contribution in [0.25, 0.3) is 28.0 Å². The van der Waals surface area contributed by atoms with Crippen molar-refractivity contribution in [2.45, 2.75) is 71.1 Å². The molecule has 2 aliphatic carbocycles. The minimum absolute atomic E-state index is 0.150. The van der Waals surface area contributed by atoms with Gasteiger partial charge in [-0.1, -0.05) is 82.3 Å². The summed E-state index contributed by atoms with van der Waals surface area (Å²) in [7, 11) is 5.19. The van der Waals surface area contributed by atoms with Crippen molar-refractivity contribution < 1.29 is 32.1 Å². The third-order valence-electron chi connectivity index (χ3n) is 12.0. The minimum Gasteiger partial charge on any atom is -0.497 e. The van der Waals surface area contributed by atoms with Gasteiger partial charge in [-0.05, 0) is 106 Å². The number of halogens is 3. The number of nitrogens with one attached hydrogen (secondary N) is 1. The number of rotatable bonds is 5. The van der Waals surface area contributed by atoms with Crippen molar-refractivity contribution in [2.24, 2.45) is 10.8 Å². The molecular formula is C47H48F3NO4. The van der Waals surface area contributed by atoms with Crippen LogP contribution in [0.5, 0.6) is 23.0 Å². The van der Waals surface area contributed by atoms with Gasteiger partial charge in [0.1, 0.15) is 23.0 Å². The number of anilines is 1. The van der Waals surface area contributed by atoms with Gasteiger partial charge in [-0.25, -0.2) is 0 Å². The summed E-state index contributed by atoms with van der Waals surface area (Å²) < 4.78 is 54.0. The van der Waals surface area contributed by atoms with Gasteiger partial charge in [0.2, 0.25) is 0 Å². The third-order valence-corrected chi connectivity index (χ3v) is 12.0. The van der Waals surface area contributed by atoms with Crippen molar-refractivity contribution in [3.05, 3.63) is 118 Å². The highest BCUT2D eigenvalue weighted by atomic mass is 19.4. The molecule has 5 aromatic carbocycles. The van der Waals surface area contributed by atoms with E-state index in [0.717, 1.165) is 71.0 Å². The van der Waals surface area contributed by atoms with E-state index in [4.69, 9.17) is 18.9 Å². The molecule has 2 heterocycles. The number of hydrogen-bond donors (Lipinski definition) is 1. The van der Waals surface area contributed by atoms with Gasteiger partial charge in [0.15, 0.2) is 5.60 Å². The molecule has 2 aliphatic heterocycles. The van der Waals surface area contributed by atoms with E-state index in [1.54, 1.807) is 21.3 Å². The topological polar surface area (TPSA) is 49.0 Å². The van der Waals surface area contributed by atoms with Crippen molar-refractivity contribution in [3.63, 3.8) is 0 Å². The molecule has 5 aromatic rings. The Balaban J connectivity index is 0.00000102. The van der Waals surface area contributed by atoms with E-state index >= 15 is 0 Å². The van der Waals surface area contributed by atoms with Gasteiger partial charge in [0.05, 0.1) is 27.0 Å². The molecule has 8 heteroatoms. The summed E-state index contributed by atoms with van der Waals surface area (Å²) in [5.41, 5.74) is 10.5. The highest BCUT2D eigenvalue weighted by molar-refractivity contribution is 6.12. The molecule has 1 saturated carbocycles. The summed E-state index contributed by atoms with van der Waals surface area (Å²) in [4.78, 5) is 0. The van der Waals surface area contributed by atoms with E-state index < -0.39 is 12.3 Å². The molecule has 5 nitrogen and oxygen atoms in total. The van der Waals surface area contributed by atoms with Crippen LogP contribution in [0.3, 0.4) is 0 Å². The number of fused-ring (bicyclic) bond motifs is 12. The maximum atomic E-state index is 9.67. The van der Waals surface area contributed by atoms with Crippen molar-refractivity contribution in [1.82, 2.24) is 0 Å². The van der Waals surface area contributed by atoms with Crippen molar-refractivity contribution >= 4 is 22.5 Å². The highest BCUT2D eigenvalue weighted by Gasteiger charge is 2.56. The molecule has 4 aliphatic rings. The quantitative estimate of drug-likeness (QED) is 0.194. The van der Waals surface area contributed by atoms with Gasteiger partial charge >= 0.3 is 6.68 Å². The Morgan fingerprint density at radius 3 is 1.89 bits per heavy atom. The zero-order chi connectivity index (χ0) is 38.9. The molecule has 0 atom stereocenters. The molecule has 1 N–H and O–H groups in total. The Bertz CT molecular complexity index is 2240. The van der Waals surface area contributed by atoms with Crippen LogP contribution in [0.4, 0.5) is 18.9 Å². The largest absolute Gasteiger partial charge is 0.497 e. The van der Waals surface area contributed by atoms with Crippen LogP contribution in [0.2, 0.25) is 0 Å². The van der Waals surface area contributed by atoms with E-state index in [-0.39, 0.29) is 16.2 Å². The van der Waals surface area contributed by atoms with Crippen LogP contribution in [0, 0.1) is 10.8 Å². The van der Waals surface area contributed by atoms with Crippen LogP contribution < -0.4 is 24.3 Å². The summed E-state index contributed by atoms with van der Waals surface area (Å²) in [6, 6.07) is 28.1. The van der Waals surface area contributed by atoms with Gasteiger partial charge in [-0.2, -0.15) is 13.2 Å². The average molecular weight is 748 g/mol. The predicted octanol–water partition coefficient (Wildman–Crippen LogP) is 11.9. The second-order valence-electron chi connectivity index (χ2n) is 16.9. The minimum atomic E-state index is -3.67. The normalized spacial score (nSPS) is 18.6. The second-order valence-corrected chi connectivity index (χ2v) is 16.9. The first-order chi connectivity index (χ1) is 26.3. The number of methoxy groups -OCH3 is 3. The summed E-state index contributed by atoms with van der Waals surface area (Å²) in [6.45, 7) is 7.11. The fraction of sp³-hybridized carbons (Fsp3) is 0.362. The SMILES string of the molecule is COc1ccc(C2(c3ccc(OC)cc3)C=Cc3c4c(c5c6c(c(OC)cc5c3O2)NCC6)-c2ccccc2C42CC(C)(C)CC(C)(C)C2)cc1.FC(F)F. The first kappa shape index (κ1) is 36.8. The molecule has 9 rings (SSSR count). The fourth-order valence-corrected chi connectivity index (χ4v) is 10.9. The summed E-state index contributed by atoms with van der Waals surface area (Å²) in [6.07, 6.45) is 8.95. The number of alkyl halides is 3. The zero-order valence-electron chi connectivity index (χ0n) is 32.5. The lowest BCUT2D eigenvalue weighted by Crippen LogP contribution is -2.44. The van der Waals surface area contributed by atoms with Gasteiger partial charge in [-0.15, -0.1) is 0 Å². The van der Waals surface area contributed by atoms with Crippen molar-refractivity contribution in [1.29, 1.82) is 0 Å². The van der Waals surface area contributed by atoms with Gasteiger partial charge in [-0.3, -0.25) is 0 Å². The molecule has 0 amide bonds. The standard InChI is InChI=1S/C46H47NO4.CHF3/c1-43(2)25-44(3,4)27-45(26-43)36-11-9-8-10-32(36)39-38-33-21-23-47-41(33)37(50-7)24-35(38)42-34(40(39)45)20-22-46(51-42,28-12-16-30(48-5)17-13-28)29-14-18-31(49-6)19-15-29;2-1(3)4/h8-20,22,24,47H,21,23,25-27H2,1-7H3;1H. The average Bonchev–Trinajstić information content (AvgIpc) is 3.75. The molecule has 0 bridgehead atoms. The first-order valence-electron chi connectivity index (χ1n) is 18.9. The van der Waals surface area contributed by atoms with Crippen LogP contribution >= 0.6 is 0 Å². The van der Waals surface area contributed by atoms with Gasteiger partial charge in [0.25, 0.3) is 0 Å². The molecule has 0 radical (unpaired) electrons. The van der Waals surface area contributed by atoms with E-state index in [0.29, 0.717) is 0 Å². The second kappa shape index (κ2) is 13.3. The lowest BCUT2D eigenvalue weighted by Gasteiger charge is -2.52. The van der Waals surface area contributed by atoms with E-state index in [2.05, 4.69) is 99.8 Å². The number of hydrogen-bond acceptors (Lipinski definition) is 5. The molecule has 1 spiro atoms. The molecular weight excluding hydrogens is 700 g/mol. The fourth-order valence-electron chi connectivity index (χ4n) is 10.9.